The highest BCUT2D eigenvalue weighted by Crippen LogP contribution is 2.32. The summed E-state index contributed by atoms with van der Waals surface area (Å²) in [5.74, 6) is -1.61. The number of phenols is 3. The minimum absolute atomic E-state index is 0.0293. The van der Waals surface area contributed by atoms with Crippen LogP contribution in [0.5, 0.6) is 17.2 Å². The third-order valence-electron chi connectivity index (χ3n) is 6.94. The second kappa shape index (κ2) is 13.8. The summed E-state index contributed by atoms with van der Waals surface area (Å²) < 4.78 is 28.0. The van der Waals surface area contributed by atoms with E-state index in [4.69, 9.17) is 23.7 Å². The standard InChI is InChI=1S/C28H34O14/c29-12-20-23(41-21(34)8-4-16-3-7-18(32)19(33)11-16)22(35)24(42-27-25(36)28(37,13-30)14-39-27)26(40-20)38-10-9-15-1-5-17(31)6-2-15/h1-8,11,20,22-27,29-33,35-37H,9-10,12-14H2/b8-4+/t20-,22+,23-,24-,25+,26-,27+,28-/m1/s1. The maximum absolute atomic E-state index is 12.6. The number of ether oxygens (including phenoxy) is 5. The molecular formula is C28H34O14. The first-order valence-electron chi connectivity index (χ1n) is 13.1. The molecule has 0 aliphatic carbocycles. The summed E-state index contributed by atoms with van der Waals surface area (Å²) in [6.07, 6.45) is -7.89. The maximum atomic E-state index is 12.6. The van der Waals surface area contributed by atoms with Crippen LogP contribution >= 0.6 is 0 Å². The average Bonchev–Trinajstić information content (AvgIpc) is 3.26. The molecular weight excluding hydrogens is 560 g/mol. The van der Waals surface area contributed by atoms with Gasteiger partial charge in [-0.1, -0.05) is 18.2 Å². The molecule has 0 saturated carbocycles. The number of carbonyl (C=O) groups excluding carboxylic acids is 1. The molecule has 230 valence electrons. The van der Waals surface area contributed by atoms with Gasteiger partial charge in [-0.05, 0) is 47.9 Å². The summed E-state index contributed by atoms with van der Waals surface area (Å²) in [6.45, 7) is -1.97. The van der Waals surface area contributed by atoms with Crippen molar-refractivity contribution in [3.63, 3.8) is 0 Å². The molecule has 0 spiro atoms. The third kappa shape index (κ3) is 7.36. The summed E-state index contributed by atoms with van der Waals surface area (Å²) in [6, 6.07) is 10.2. The van der Waals surface area contributed by atoms with Crippen molar-refractivity contribution in [2.24, 2.45) is 0 Å². The van der Waals surface area contributed by atoms with Gasteiger partial charge in [0.15, 0.2) is 30.2 Å². The summed E-state index contributed by atoms with van der Waals surface area (Å²) in [5.41, 5.74) is -0.857. The first kappa shape index (κ1) is 31.6. The Kier molecular flexibility index (Phi) is 10.4. The molecule has 2 saturated heterocycles. The molecule has 0 amide bonds. The van der Waals surface area contributed by atoms with Crippen molar-refractivity contribution in [2.45, 2.75) is 55.1 Å². The van der Waals surface area contributed by atoms with Crippen molar-refractivity contribution in [3.05, 3.63) is 59.7 Å². The van der Waals surface area contributed by atoms with Crippen LogP contribution in [0, 0.1) is 0 Å². The van der Waals surface area contributed by atoms with Crippen LogP contribution in [-0.2, 0) is 34.9 Å². The van der Waals surface area contributed by atoms with Gasteiger partial charge in [0.05, 0.1) is 26.4 Å². The zero-order chi connectivity index (χ0) is 30.4. The molecule has 0 bridgehead atoms. The van der Waals surface area contributed by atoms with Crippen molar-refractivity contribution in [3.8, 4) is 17.2 Å². The quantitative estimate of drug-likeness (QED) is 0.0878. The van der Waals surface area contributed by atoms with Gasteiger partial charge in [-0.15, -0.1) is 0 Å². The zero-order valence-corrected chi connectivity index (χ0v) is 22.3. The lowest BCUT2D eigenvalue weighted by Crippen LogP contribution is -2.62. The van der Waals surface area contributed by atoms with E-state index >= 15 is 0 Å². The maximum Gasteiger partial charge on any atom is 0.331 e. The Morgan fingerprint density at radius 1 is 1.00 bits per heavy atom. The highest BCUT2D eigenvalue weighted by atomic mass is 16.8. The fourth-order valence-electron chi connectivity index (χ4n) is 4.47. The number of aliphatic hydroxyl groups is 5. The van der Waals surface area contributed by atoms with Crippen molar-refractivity contribution in [1.82, 2.24) is 0 Å². The highest BCUT2D eigenvalue weighted by Gasteiger charge is 2.54. The Bertz CT molecular complexity index is 1220. The smallest absolute Gasteiger partial charge is 0.331 e. The lowest BCUT2D eigenvalue weighted by atomic mass is 9.97. The molecule has 2 aliphatic rings. The first-order chi connectivity index (χ1) is 20.0. The second-order valence-electron chi connectivity index (χ2n) is 9.97. The molecule has 2 heterocycles. The van der Waals surface area contributed by atoms with Crippen LogP contribution in [0.1, 0.15) is 11.1 Å². The van der Waals surface area contributed by atoms with Crippen LogP contribution < -0.4 is 0 Å². The molecule has 42 heavy (non-hydrogen) atoms. The van der Waals surface area contributed by atoms with E-state index in [-0.39, 0.29) is 18.1 Å². The summed E-state index contributed by atoms with van der Waals surface area (Å²) in [7, 11) is 0. The lowest BCUT2D eigenvalue weighted by Gasteiger charge is -2.43. The van der Waals surface area contributed by atoms with E-state index in [0.29, 0.717) is 12.0 Å². The highest BCUT2D eigenvalue weighted by molar-refractivity contribution is 5.87. The largest absolute Gasteiger partial charge is 0.508 e. The van der Waals surface area contributed by atoms with Crippen LogP contribution in [0.25, 0.3) is 6.08 Å². The molecule has 14 heteroatoms. The fraction of sp³-hybridized carbons (Fsp3) is 0.464. The fourth-order valence-corrected chi connectivity index (χ4v) is 4.47. The van der Waals surface area contributed by atoms with Crippen LogP contribution in [-0.4, -0.2) is 122 Å². The van der Waals surface area contributed by atoms with E-state index in [1.165, 1.54) is 36.4 Å². The van der Waals surface area contributed by atoms with E-state index in [1.54, 1.807) is 12.1 Å². The van der Waals surface area contributed by atoms with Gasteiger partial charge in [0.25, 0.3) is 0 Å². The molecule has 14 nitrogen and oxygen atoms in total. The first-order valence-corrected chi connectivity index (χ1v) is 13.1. The number of aliphatic hydroxyl groups excluding tert-OH is 4. The second-order valence-corrected chi connectivity index (χ2v) is 9.97. The van der Waals surface area contributed by atoms with E-state index in [1.807, 2.05) is 0 Å². The van der Waals surface area contributed by atoms with Crippen molar-refractivity contribution >= 4 is 12.0 Å². The molecule has 0 radical (unpaired) electrons. The monoisotopic (exact) mass is 594 g/mol. The Balaban J connectivity index is 1.49. The van der Waals surface area contributed by atoms with Gasteiger partial charge in [-0.3, -0.25) is 0 Å². The third-order valence-corrected chi connectivity index (χ3v) is 6.94. The van der Waals surface area contributed by atoms with Crippen molar-refractivity contribution in [2.75, 3.05) is 26.4 Å². The predicted octanol–water partition coefficient (Wildman–Crippen LogP) is -1.11. The van der Waals surface area contributed by atoms with Crippen LogP contribution in [0.4, 0.5) is 0 Å². The number of esters is 1. The summed E-state index contributed by atoms with van der Waals surface area (Å²) in [4.78, 5) is 12.6. The molecule has 0 unspecified atom stereocenters. The van der Waals surface area contributed by atoms with Gasteiger partial charge in [-0.2, -0.15) is 0 Å². The van der Waals surface area contributed by atoms with Gasteiger partial charge >= 0.3 is 5.97 Å². The Labute approximate surface area is 240 Å². The van der Waals surface area contributed by atoms with E-state index < -0.39 is 80.2 Å². The van der Waals surface area contributed by atoms with Crippen LogP contribution in [0.15, 0.2) is 48.5 Å². The number of phenolic OH excluding ortho intramolecular Hbond substituents is 3. The number of hydrogen-bond donors (Lipinski definition) is 8. The number of rotatable bonds is 11. The van der Waals surface area contributed by atoms with Gasteiger partial charge in [-0.25, -0.2) is 4.79 Å². The molecule has 8 N–H and O–H groups in total. The minimum atomic E-state index is -2.02. The molecule has 4 rings (SSSR count). The van der Waals surface area contributed by atoms with E-state index in [0.717, 1.165) is 11.6 Å². The Morgan fingerprint density at radius 3 is 2.38 bits per heavy atom. The molecule has 8 atom stereocenters. The SMILES string of the molecule is O=C(/C=C/c1ccc(O)c(O)c1)O[C@H]1[C@H](O)[C@@H](O[C@@H]2OC[C@](O)(CO)[C@H]2O)[C@H](OCCc2ccc(O)cc2)O[C@@H]1CO. The number of benzene rings is 2. The predicted molar refractivity (Wildman–Crippen MR) is 141 cm³/mol. The number of hydrogen-bond acceptors (Lipinski definition) is 14. The van der Waals surface area contributed by atoms with Crippen molar-refractivity contribution in [1.29, 1.82) is 0 Å². The van der Waals surface area contributed by atoms with E-state index in [2.05, 4.69) is 0 Å². The number of carbonyl (C=O) groups is 1. The summed E-state index contributed by atoms with van der Waals surface area (Å²) >= 11 is 0. The van der Waals surface area contributed by atoms with Crippen molar-refractivity contribution < 1.29 is 69.3 Å². The molecule has 0 aromatic heterocycles. The number of aromatic hydroxyl groups is 3. The van der Waals surface area contributed by atoms with Crippen LogP contribution in [0.2, 0.25) is 0 Å². The van der Waals surface area contributed by atoms with Gasteiger partial charge in [0.2, 0.25) is 0 Å². The summed E-state index contributed by atoms with van der Waals surface area (Å²) in [5, 5.41) is 80.0. The lowest BCUT2D eigenvalue weighted by molar-refractivity contribution is -0.336. The topological polar surface area (TPSA) is 225 Å². The molecule has 2 aromatic rings. The Morgan fingerprint density at radius 2 is 1.74 bits per heavy atom. The molecule has 2 aromatic carbocycles. The Hall–Kier alpha value is -3.31. The van der Waals surface area contributed by atoms with Crippen LogP contribution in [0.3, 0.4) is 0 Å². The minimum Gasteiger partial charge on any atom is -0.508 e. The average molecular weight is 595 g/mol. The van der Waals surface area contributed by atoms with Gasteiger partial charge < -0.3 is 64.5 Å². The molecule has 2 aliphatic heterocycles. The van der Waals surface area contributed by atoms with Gasteiger partial charge in [0.1, 0.15) is 35.8 Å². The normalized spacial score (nSPS) is 31.4. The van der Waals surface area contributed by atoms with E-state index in [9.17, 15) is 45.6 Å². The zero-order valence-electron chi connectivity index (χ0n) is 22.3. The van der Waals surface area contributed by atoms with Gasteiger partial charge in [0, 0.05) is 6.08 Å². The molecule has 2 fully saturated rings.